The van der Waals surface area contributed by atoms with E-state index in [2.05, 4.69) is 34.9 Å². The molecule has 0 unspecified atom stereocenters. The summed E-state index contributed by atoms with van der Waals surface area (Å²) in [4.78, 5) is 23.8. The summed E-state index contributed by atoms with van der Waals surface area (Å²) >= 11 is 0. The van der Waals surface area contributed by atoms with Gasteiger partial charge in [0, 0.05) is 32.6 Å². The first-order chi connectivity index (χ1) is 12.9. The molecule has 146 valence electrons. The molecule has 0 saturated carbocycles. The second-order valence-electron chi connectivity index (χ2n) is 6.97. The van der Waals surface area contributed by atoms with Crippen LogP contribution >= 0.6 is 0 Å². The molecule has 2 rings (SSSR count). The van der Waals surface area contributed by atoms with Gasteiger partial charge < -0.3 is 10.6 Å². The van der Waals surface area contributed by atoms with Crippen molar-refractivity contribution in [2.24, 2.45) is 13.0 Å². The Kier molecular flexibility index (Phi) is 7.85. The second kappa shape index (κ2) is 10.4. The zero-order valence-electron chi connectivity index (χ0n) is 16.3. The molecule has 0 aliphatic heterocycles. The van der Waals surface area contributed by atoms with E-state index in [9.17, 15) is 9.59 Å². The molecule has 3 amide bonds. The maximum Gasteiger partial charge on any atom is 0.320 e. The summed E-state index contributed by atoms with van der Waals surface area (Å²) in [6.07, 6.45) is 2.17. The molecule has 7 nitrogen and oxygen atoms in total. The lowest BCUT2D eigenvalue weighted by Crippen LogP contribution is -2.33. The van der Waals surface area contributed by atoms with Gasteiger partial charge in [-0.25, -0.2) is 4.79 Å². The normalized spacial score (nSPS) is 10.7. The highest BCUT2D eigenvalue weighted by Crippen LogP contribution is 2.13. The molecule has 1 heterocycles. The Labute approximate surface area is 160 Å². The summed E-state index contributed by atoms with van der Waals surface area (Å²) in [5.74, 6) is 1.15. The predicted octanol–water partition coefficient (Wildman–Crippen LogP) is 2.84. The van der Waals surface area contributed by atoms with Crippen LogP contribution in [0.3, 0.4) is 0 Å². The molecule has 0 radical (unpaired) electrons. The average molecular weight is 371 g/mol. The molecule has 2 aromatic rings. The van der Waals surface area contributed by atoms with Crippen molar-refractivity contribution >= 4 is 17.8 Å². The number of hydrogen-bond donors (Lipinski definition) is 3. The zero-order valence-corrected chi connectivity index (χ0v) is 16.3. The molecule has 0 aliphatic rings. The van der Waals surface area contributed by atoms with Crippen LogP contribution in [-0.2, 0) is 24.8 Å². The third-order valence-corrected chi connectivity index (χ3v) is 4.12. The van der Waals surface area contributed by atoms with Crippen LogP contribution in [0.15, 0.2) is 36.4 Å². The summed E-state index contributed by atoms with van der Waals surface area (Å²) in [6.45, 7) is 5.10. The van der Waals surface area contributed by atoms with Crippen molar-refractivity contribution < 1.29 is 9.59 Å². The topological polar surface area (TPSA) is 88.0 Å². The highest BCUT2D eigenvalue weighted by atomic mass is 16.2. The standard InChI is InChI=1S/C20H29N5O2/c1-15(2)9-10-17-13-18(25(3)24-17)23-20(27)21-12-11-19(26)22-14-16-7-5-4-6-8-16/h4-8,13,15H,9-12,14H2,1-3H3,(H,22,26)(H2,21,23,27). The molecule has 0 fully saturated rings. The van der Waals surface area contributed by atoms with E-state index < -0.39 is 0 Å². The van der Waals surface area contributed by atoms with Crippen LogP contribution in [0.4, 0.5) is 10.6 Å². The Balaban J connectivity index is 1.67. The van der Waals surface area contributed by atoms with E-state index in [1.807, 2.05) is 36.4 Å². The molecule has 1 aromatic carbocycles. The van der Waals surface area contributed by atoms with Gasteiger partial charge in [0.1, 0.15) is 5.82 Å². The van der Waals surface area contributed by atoms with E-state index in [0.717, 1.165) is 24.1 Å². The third kappa shape index (κ3) is 7.52. The lowest BCUT2D eigenvalue weighted by atomic mass is 10.1. The first-order valence-corrected chi connectivity index (χ1v) is 9.32. The number of carbonyl (C=O) groups excluding carboxylic acids is 2. The van der Waals surface area contributed by atoms with E-state index in [4.69, 9.17) is 0 Å². The highest BCUT2D eigenvalue weighted by Gasteiger charge is 2.10. The number of hydrogen-bond acceptors (Lipinski definition) is 3. The van der Waals surface area contributed by atoms with Gasteiger partial charge in [0.25, 0.3) is 0 Å². The van der Waals surface area contributed by atoms with E-state index >= 15 is 0 Å². The van der Waals surface area contributed by atoms with Gasteiger partial charge >= 0.3 is 6.03 Å². The first kappa shape index (κ1) is 20.5. The Morgan fingerprint density at radius 1 is 1.15 bits per heavy atom. The van der Waals surface area contributed by atoms with Crippen molar-refractivity contribution in [3.8, 4) is 0 Å². The number of benzene rings is 1. The van der Waals surface area contributed by atoms with Crippen molar-refractivity contribution in [1.82, 2.24) is 20.4 Å². The number of nitrogens with zero attached hydrogens (tertiary/aromatic N) is 2. The minimum Gasteiger partial charge on any atom is -0.352 e. The van der Waals surface area contributed by atoms with Crippen molar-refractivity contribution in [3.63, 3.8) is 0 Å². The Bertz CT molecular complexity index is 740. The minimum absolute atomic E-state index is 0.101. The van der Waals surface area contributed by atoms with Gasteiger partial charge in [0.05, 0.1) is 5.69 Å². The van der Waals surface area contributed by atoms with Crippen LogP contribution in [0, 0.1) is 5.92 Å². The summed E-state index contributed by atoms with van der Waals surface area (Å²) in [5.41, 5.74) is 2.00. The molecule has 1 aromatic heterocycles. The van der Waals surface area contributed by atoms with Gasteiger partial charge in [-0.2, -0.15) is 5.10 Å². The number of anilines is 1. The van der Waals surface area contributed by atoms with Crippen LogP contribution < -0.4 is 16.0 Å². The van der Waals surface area contributed by atoms with Crippen LogP contribution in [0.25, 0.3) is 0 Å². The quantitative estimate of drug-likeness (QED) is 0.633. The van der Waals surface area contributed by atoms with Crippen molar-refractivity contribution in [2.45, 2.75) is 39.7 Å². The lowest BCUT2D eigenvalue weighted by molar-refractivity contribution is -0.121. The third-order valence-electron chi connectivity index (χ3n) is 4.12. The van der Waals surface area contributed by atoms with Gasteiger partial charge in [0.2, 0.25) is 5.91 Å². The average Bonchev–Trinajstić information content (AvgIpc) is 2.98. The number of rotatable bonds is 9. The summed E-state index contributed by atoms with van der Waals surface area (Å²) in [5, 5.41) is 12.7. The molecule has 0 bridgehead atoms. The van der Waals surface area contributed by atoms with E-state index in [1.165, 1.54) is 0 Å². The second-order valence-corrected chi connectivity index (χ2v) is 6.97. The summed E-state index contributed by atoms with van der Waals surface area (Å²) in [6, 6.07) is 11.2. The minimum atomic E-state index is -0.343. The van der Waals surface area contributed by atoms with Gasteiger partial charge in [-0.05, 0) is 24.3 Å². The fraction of sp³-hybridized carbons (Fsp3) is 0.450. The summed E-state index contributed by atoms with van der Waals surface area (Å²) < 4.78 is 1.65. The monoisotopic (exact) mass is 371 g/mol. The fourth-order valence-electron chi connectivity index (χ4n) is 2.54. The number of aryl methyl sites for hydroxylation is 2. The SMILES string of the molecule is CC(C)CCc1cc(NC(=O)NCCC(=O)NCc2ccccc2)n(C)n1. The van der Waals surface area contributed by atoms with Gasteiger partial charge in [-0.3, -0.25) is 14.8 Å². The number of aromatic nitrogens is 2. The molecular formula is C20H29N5O2. The maximum atomic E-state index is 12.0. The van der Waals surface area contributed by atoms with E-state index in [0.29, 0.717) is 18.3 Å². The van der Waals surface area contributed by atoms with Crippen LogP contribution in [0.1, 0.15) is 37.9 Å². The first-order valence-electron chi connectivity index (χ1n) is 9.32. The van der Waals surface area contributed by atoms with Gasteiger partial charge in [0.15, 0.2) is 0 Å². The zero-order chi connectivity index (χ0) is 19.6. The molecule has 0 atom stereocenters. The molecule has 0 aliphatic carbocycles. The molecular weight excluding hydrogens is 342 g/mol. The number of nitrogens with one attached hydrogen (secondary N) is 3. The van der Waals surface area contributed by atoms with E-state index in [-0.39, 0.29) is 24.9 Å². The van der Waals surface area contributed by atoms with Crippen LogP contribution in [0.2, 0.25) is 0 Å². The fourth-order valence-corrected chi connectivity index (χ4v) is 2.54. The predicted molar refractivity (Wildman–Crippen MR) is 106 cm³/mol. The number of carbonyl (C=O) groups is 2. The molecule has 3 N–H and O–H groups in total. The highest BCUT2D eigenvalue weighted by molar-refractivity contribution is 5.88. The van der Waals surface area contributed by atoms with Crippen molar-refractivity contribution in [1.29, 1.82) is 0 Å². The smallest absolute Gasteiger partial charge is 0.320 e. The van der Waals surface area contributed by atoms with Crippen molar-refractivity contribution in [2.75, 3.05) is 11.9 Å². The Morgan fingerprint density at radius 2 is 1.89 bits per heavy atom. The van der Waals surface area contributed by atoms with Crippen LogP contribution in [0.5, 0.6) is 0 Å². The lowest BCUT2D eigenvalue weighted by Gasteiger charge is -2.08. The molecule has 7 heteroatoms. The van der Waals surface area contributed by atoms with E-state index in [1.54, 1.807) is 11.7 Å². The van der Waals surface area contributed by atoms with Crippen LogP contribution in [-0.4, -0.2) is 28.3 Å². The Hall–Kier alpha value is -2.83. The maximum absolute atomic E-state index is 12.0. The van der Waals surface area contributed by atoms with Gasteiger partial charge in [-0.1, -0.05) is 44.2 Å². The number of urea groups is 1. The summed E-state index contributed by atoms with van der Waals surface area (Å²) in [7, 11) is 1.80. The molecule has 27 heavy (non-hydrogen) atoms. The van der Waals surface area contributed by atoms with Crippen molar-refractivity contribution in [3.05, 3.63) is 47.7 Å². The number of amides is 3. The molecule has 0 saturated heterocycles. The van der Waals surface area contributed by atoms with Gasteiger partial charge in [-0.15, -0.1) is 0 Å². The molecule has 0 spiro atoms. The largest absolute Gasteiger partial charge is 0.352 e. The Morgan fingerprint density at radius 3 is 2.59 bits per heavy atom.